The number of pyridine rings is 1. The predicted molar refractivity (Wildman–Crippen MR) is 67.3 cm³/mol. The van der Waals surface area contributed by atoms with Gasteiger partial charge in [0.05, 0.1) is 0 Å². The van der Waals surface area contributed by atoms with E-state index in [0.29, 0.717) is 5.52 Å². The van der Waals surface area contributed by atoms with Crippen molar-refractivity contribution in [2.45, 2.75) is 0 Å². The SMILES string of the molecule is O=c1[nH]cc(Br)c2ccn(SI)c12. The topological polar surface area (TPSA) is 37.8 Å². The van der Waals surface area contributed by atoms with Crippen molar-refractivity contribution in [3.8, 4) is 0 Å². The molecule has 0 aliphatic heterocycles. The van der Waals surface area contributed by atoms with Crippen molar-refractivity contribution in [1.82, 2.24) is 8.96 Å². The van der Waals surface area contributed by atoms with Crippen LogP contribution >= 0.6 is 46.3 Å². The minimum absolute atomic E-state index is 0.0626. The lowest BCUT2D eigenvalue weighted by Crippen LogP contribution is -2.07. The van der Waals surface area contributed by atoms with Crippen LogP contribution in [0.3, 0.4) is 0 Å². The van der Waals surface area contributed by atoms with Crippen molar-refractivity contribution in [3.05, 3.63) is 33.3 Å². The van der Waals surface area contributed by atoms with Crippen molar-refractivity contribution in [3.63, 3.8) is 0 Å². The third-order valence-electron chi connectivity index (χ3n) is 1.73. The van der Waals surface area contributed by atoms with Gasteiger partial charge >= 0.3 is 0 Å². The molecule has 0 amide bonds. The lowest BCUT2D eigenvalue weighted by atomic mass is 10.3. The molecule has 0 aromatic carbocycles. The summed E-state index contributed by atoms with van der Waals surface area (Å²) in [6.07, 6.45) is 3.54. The number of aromatic amines is 1. The van der Waals surface area contributed by atoms with E-state index in [1.54, 1.807) is 6.20 Å². The second-order valence-electron chi connectivity index (χ2n) is 2.44. The summed E-state index contributed by atoms with van der Waals surface area (Å²) in [6, 6.07) is 1.92. The molecule has 0 spiro atoms. The summed E-state index contributed by atoms with van der Waals surface area (Å²) in [5.74, 6) is 0. The van der Waals surface area contributed by atoms with Crippen LogP contribution in [0.25, 0.3) is 10.9 Å². The predicted octanol–water partition coefficient (Wildman–Crippen LogP) is 2.94. The summed E-state index contributed by atoms with van der Waals surface area (Å²) in [7, 11) is 1.47. The molecule has 68 valence electrons. The molecule has 0 aliphatic rings. The van der Waals surface area contributed by atoms with Gasteiger partial charge in [-0.15, -0.1) is 0 Å². The molecule has 2 heterocycles. The van der Waals surface area contributed by atoms with E-state index in [1.165, 1.54) is 9.12 Å². The summed E-state index contributed by atoms with van der Waals surface area (Å²) in [5.41, 5.74) is 0.626. The molecule has 6 heteroatoms. The molecule has 0 saturated heterocycles. The fraction of sp³-hybridized carbons (Fsp3) is 0. The van der Waals surface area contributed by atoms with E-state index in [9.17, 15) is 4.79 Å². The second kappa shape index (κ2) is 3.66. The largest absolute Gasteiger partial charge is 0.326 e. The molecule has 2 aromatic rings. The van der Waals surface area contributed by atoms with E-state index in [4.69, 9.17) is 0 Å². The smallest absolute Gasteiger partial charge is 0.273 e. The number of hydrogen-bond acceptors (Lipinski definition) is 2. The monoisotopic (exact) mass is 370 g/mol. The van der Waals surface area contributed by atoms with Gasteiger partial charge in [-0.05, 0) is 22.0 Å². The first-order chi connectivity index (χ1) is 6.24. The summed E-state index contributed by atoms with van der Waals surface area (Å²) in [5, 5.41) is 0.938. The summed E-state index contributed by atoms with van der Waals surface area (Å²) in [6.45, 7) is 0. The van der Waals surface area contributed by atoms with Crippen LogP contribution in [-0.4, -0.2) is 8.96 Å². The second-order valence-corrected chi connectivity index (χ2v) is 5.01. The Hall–Kier alpha value is 0.0500. The van der Waals surface area contributed by atoms with Crippen molar-refractivity contribution >= 4 is 57.2 Å². The molecule has 0 saturated carbocycles. The normalized spacial score (nSPS) is 10.9. The average molecular weight is 371 g/mol. The van der Waals surface area contributed by atoms with Crippen LogP contribution in [-0.2, 0) is 0 Å². The van der Waals surface area contributed by atoms with Gasteiger partial charge in [-0.1, -0.05) is 0 Å². The molecule has 0 atom stereocenters. The maximum Gasteiger partial charge on any atom is 0.273 e. The average Bonchev–Trinajstić information content (AvgIpc) is 2.56. The molecule has 0 unspecified atom stereocenters. The molecule has 3 nitrogen and oxygen atoms in total. The Balaban J connectivity index is 2.96. The maximum absolute atomic E-state index is 11.5. The van der Waals surface area contributed by atoms with Crippen LogP contribution in [0.15, 0.2) is 27.7 Å². The molecule has 0 bridgehead atoms. The van der Waals surface area contributed by atoms with Crippen molar-refractivity contribution in [2.24, 2.45) is 0 Å². The Kier molecular flexibility index (Phi) is 2.70. The lowest BCUT2D eigenvalue weighted by molar-refractivity contribution is 1.23. The first kappa shape index (κ1) is 9.60. The summed E-state index contributed by atoms with van der Waals surface area (Å²) < 4.78 is 2.74. The molecule has 2 aromatic heterocycles. The van der Waals surface area contributed by atoms with E-state index >= 15 is 0 Å². The van der Waals surface area contributed by atoms with Crippen molar-refractivity contribution in [1.29, 1.82) is 0 Å². The number of rotatable bonds is 1. The molecule has 0 radical (unpaired) electrons. The fourth-order valence-electron chi connectivity index (χ4n) is 1.16. The van der Waals surface area contributed by atoms with Crippen molar-refractivity contribution in [2.75, 3.05) is 0 Å². The van der Waals surface area contributed by atoms with Crippen LogP contribution in [0.2, 0.25) is 0 Å². The highest BCUT2D eigenvalue weighted by atomic mass is 127. The van der Waals surface area contributed by atoms with Gasteiger partial charge in [-0.2, -0.15) is 0 Å². The van der Waals surface area contributed by atoms with E-state index in [1.807, 2.05) is 16.2 Å². The van der Waals surface area contributed by atoms with E-state index in [2.05, 4.69) is 42.1 Å². The van der Waals surface area contributed by atoms with Gasteiger partial charge < -0.3 is 4.98 Å². The van der Waals surface area contributed by atoms with Crippen LogP contribution in [0.5, 0.6) is 0 Å². The van der Waals surface area contributed by atoms with Crippen molar-refractivity contribution < 1.29 is 0 Å². The van der Waals surface area contributed by atoms with Gasteiger partial charge in [0.25, 0.3) is 5.56 Å². The lowest BCUT2D eigenvalue weighted by Gasteiger charge is -1.97. The van der Waals surface area contributed by atoms with Gasteiger partial charge in [0.2, 0.25) is 0 Å². The summed E-state index contributed by atoms with van der Waals surface area (Å²) in [4.78, 5) is 14.1. The Morgan fingerprint density at radius 3 is 3.08 bits per heavy atom. The Bertz CT molecular complexity index is 507. The quantitative estimate of drug-likeness (QED) is 0.784. The molecule has 0 fully saturated rings. The first-order valence-corrected chi connectivity index (χ1v) is 7.52. The summed E-state index contributed by atoms with van der Waals surface area (Å²) >= 11 is 5.52. The number of halogens is 2. The third kappa shape index (κ3) is 1.55. The number of aromatic nitrogens is 2. The molecule has 13 heavy (non-hydrogen) atoms. The standard InChI is InChI=1S/C7H4BrIN2OS/c8-5-3-10-7(12)6-4(5)1-2-11(6)13-9/h1-3H,(H,10,12). The molecular weight excluding hydrogens is 367 g/mol. The number of fused-ring (bicyclic) bond motifs is 1. The van der Waals surface area contributed by atoms with Crippen LogP contribution < -0.4 is 5.56 Å². The number of H-pyrrole nitrogens is 1. The molecular formula is C7H4BrIN2OS. The first-order valence-electron chi connectivity index (χ1n) is 3.41. The Morgan fingerprint density at radius 2 is 2.38 bits per heavy atom. The minimum atomic E-state index is -0.0626. The highest BCUT2D eigenvalue weighted by Crippen LogP contribution is 2.26. The van der Waals surface area contributed by atoms with Gasteiger partial charge in [0, 0.05) is 52.6 Å². The number of nitrogens with one attached hydrogen (secondary N) is 1. The molecule has 2 rings (SSSR count). The number of nitrogens with zero attached hydrogens (tertiary/aromatic N) is 1. The third-order valence-corrected chi connectivity index (χ3v) is 4.11. The zero-order valence-electron chi connectivity index (χ0n) is 6.25. The minimum Gasteiger partial charge on any atom is -0.326 e. The highest BCUT2D eigenvalue weighted by Gasteiger charge is 2.07. The van der Waals surface area contributed by atoms with Gasteiger partial charge in [-0.3, -0.25) is 8.77 Å². The zero-order chi connectivity index (χ0) is 9.42. The van der Waals surface area contributed by atoms with Crippen LogP contribution in [0.4, 0.5) is 0 Å². The van der Waals surface area contributed by atoms with Gasteiger partial charge in [-0.25, -0.2) is 0 Å². The molecule has 1 N–H and O–H groups in total. The maximum atomic E-state index is 11.5. The van der Waals surface area contributed by atoms with Crippen LogP contribution in [0, 0.1) is 0 Å². The van der Waals surface area contributed by atoms with E-state index in [-0.39, 0.29) is 5.56 Å². The van der Waals surface area contributed by atoms with E-state index in [0.717, 1.165) is 9.86 Å². The number of hydrogen-bond donors (Lipinski definition) is 1. The van der Waals surface area contributed by atoms with Gasteiger partial charge in [0.1, 0.15) is 5.52 Å². The van der Waals surface area contributed by atoms with E-state index < -0.39 is 0 Å². The Labute approximate surface area is 98.7 Å². The zero-order valence-corrected chi connectivity index (χ0v) is 10.8. The van der Waals surface area contributed by atoms with Gasteiger partial charge in [0.15, 0.2) is 0 Å². The Morgan fingerprint density at radius 1 is 1.62 bits per heavy atom. The molecule has 0 aliphatic carbocycles. The highest BCUT2D eigenvalue weighted by molar-refractivity contribution is 14.2. The van der Waals surface area contributed by atoms with Crippen LogP contribution in [0.1, 0.15) is 0 Å². The fourth-order valence-corrected chi connectivity index (χ4v) is 2.94.